The van der Waals surface area contributed by atoms with Crippen molar-refractivity contribution in [3.05, 3.63) is 72.3 Å². The van der Waals surface area contributed by atoms with E-state index < -0.39 is 0 Å². The standard InChI is InChI=1S/C32H38N4.Co/c1-9-21-17(5)25-14-30-23(11-3)19(7)27(35-30)16-32-24(12-4)20(8)28(36-32)15-31-22(10-2)18(6)26(34-31)13-29(21)33-25;/h13-15,32H,9-12,16H2,1-8H3;/q-2;+3/b26-13?,30-14?,31-15-;. The fourth-order valence-corrected chi connectivity index (χ4v) is 6.24. The molecule has 0 fully saturated rings. The van der Waals surface area contributed by atoms with E-state index in [4.69, 9.17) is 20.0 Å². The molecule has 5 heteroatoms. The first-order valence-electron chi connectivity index (χ1n) is 13.6. The Labute approximate surface area is 231 Å². The van der Waals surface area contributed by atoms with Crippen LogP contribution < -0.4 is 20.7 Å². The molecule has 2 aromatic rings. The molecule has 1 atom stereocenters. The minimum atomic E-state index is 0. The second-order valence-corrected chi connectivity index (χ2v) is 10.3. The van der Waals surface area contributed by atoms with Crippen molar-refractivity contribution < 1.29 is 16.8 Å². The second-order valence-electron chi connectivity index (χ2n) is 10.3. The van der Waals surface area contributed by atoms with Gasteiger partial charge in [0.25, 0.3) is 0 Å². The van der Waals surface area contributed by atoms with Gasteiger partial charge in [0, 0.05) is 12.1 Å². The summed E-state index contributed by atoms with van der Waals surface area (Å²) in [5.74, 6) is 0. The number of rotatable bonds is 4. The average molecular weight is 538 g/mol. The Balaban J connectivity index is 0.00000320. The van der Waals surface area contributed by atoms with Gasteiger partial charge >= 0.3 is 16.8 Å². The zero-order valence-corrected chi connectivity index (χ0v) is 24.5. The van der Waals surface area contributed by atoms with Gasteiger partial charge in [-0.3, -0.25) is 9.98 Å². The monoisotopic (exact) mass is 537 g/mol. The summed E-state index contributed by atoms with van der Waals surface area (Å²) in [4.78, 5) is 20.7. The van der Waals surface area contributed by atoms with Crippen LogP contribution in [0.15, 0.2) is 38.0 Å². The number of hydrogen-bond acceptors (Lipinski definition) is 2. The second kappa shape index (κ2) is 10.6. The van der Waals surface area contributed by atoms with Crippen molar-refractivity contribution in [2.75, 3.05) is 0 Å². The van der Waals surface area contributed by atoms with Gasteiger partial charge in [-0.25, -0.2) is 0 Å². The molecule has 3 aliphatic rings. The Hall–Kier alpha value is -2.63. The molecule has 5 rings (SSSR count). The van der Waals surface area contributed by atoms with Gasteiger partial charge < -0.3 is 9.97 Å². The van der Waals surface area contributed by atoms with Crippen molar-refractivity contribution >= 4 is 29.7 Å². The largest absolute Gasteiger partial charge is 3.00 e. The van der Waals surface area contributed by atoms with Crippen molar-refractivity contribution in [1.29, 1.82) is 0 Å². The van der Waals surface area contributed by atoms with Crippen molar-refractivity contribution in [1.82, 2.24) is 9.97 Å². The third-order valence-corrected chi connectivity index (χ3v) is 8.44. The Kier molecular flexibility index (Phi) is 7.87. The molecular formula is C32H38CoN4+. The van der Waals surface area contributed by atoms with Crippen molar-refractivity contribution in [3.63, 3.8) is 0 Å². The van der Waals surface area contributed by atoms with Crippen LogP contribution in [0, 0.1) is 13.8 Å². The Morgan fingerprint density at radius 1 is 0.757 bits per heavy atom. The number of aromatic nitrogens is 2. The normalized spacial score (nSPS) is 19.7. The van der Waals surface area contributed by atoms with Crippen LogP contribution in [-0.2, 0) is 29.6 Å². The molecular weight excluding hydrogens is 499 g/mol. The first kappa shape index (κ1) is 27.4. The smallest absolute Gasteiger partial charge is 0.657 e. The molecule has 0 saturated heterocycles. The third-order valence-electron chi connectivity index (χ3n) is 8.44. The number of allylic oxidation sites excluding steroid dienone is 3. The van der Waals surface area contributed by atoms with Gasteiger partial charge in [-0.1, -0.05) is 68.2 Å². The molecule has 4 nitrogen and oxygen atoms in total. The summed E-state index contributed by atoms with van der Waals surface area (Å²) in [7, 11) is 0. The van der Waals surface area contributed by atoms with Gasteiger partial charge in [0.05, 0.1) is 17.5 Å². The molecule has 3 aliphatic heterocycles. The predicted octanol–water partition coefficient (Wildman–Crippen LogP) is 5.42. The summed E-state index contributed by atoms with van der Waals surface area (Å²) in [5.41, 5.74) is 15.9. The number of nitrogens with zero attached hydrogens (tertiary/aromatic N) is 4. The van der Waals surface area contributed by atoms with Crippen LogP contribution >= 0.6 is 0 Å². The number of aliphatic imine (C=N–C) groups is 2. The van der Waals surface area contributed by atoms with Crippen molar-refractivity contribution in [3.8, 4) is 0 Å². The van der Waals surface area contributed by atoms with Crippen LogP contribution in [0.5, 0.6) is 0 Å². The number of fused-ring (bicyclic) bond motifs is 6. The van der Waals surface area contributed by atoms with Crippen LogP contribution in [-0.4, -0.2) is 17.5 Å². The van der Waals surface area contributed by atoms with Crippen LogP contribution in [0.1, 0.15) is 94.4 Å². The van der Waals surface area contributed by atoms with Crippen molar-refractivity contribution in [2.24, 2.45) is 9.98 Å². The topological polar surface area (TPSA) is 52.9 Å². The molecule has 0 aliphatic carbocycles. The maximum Gasteiger partial charge on any atom is 3.00 e. The predicted molar refractivity (Wildman–Crippen MR) is 152 cm³/mol. The zero-order chi connectivity index (χ0) is 25.7. The van der Waals surface area contributed by atoms with E-state index in [1.807, 2.05) is 0 Å². The van der Waals surface area contributed by atoms with Gasteiger partial charge in [-0.05, 0) is 75.7 Å². The minimum absolute atomic E-state index is 0. The van der Waals surface area contributed by atoms with Crippen LogP contribution in [0.4, 0.5) is 0 Å². The van der Waals surface area contributed by atoms with E-state index in [1.54, 1.807) is 0 Å². The average Bonchev–Trinajstić information content (AvgIpc) is 3.51. The maximum atomic E-state index is 5.25. The summed E-state index contributed by atoms with van der Waals surface area (Å²) in [6.07, 6.45) is 11.3. The molecule has 37 heavy (non-hydrogen) atoms. The fraction of sp³-hybridized carbons (Fsp3) is 0.438. The van der Waals surface area contributed by atoms with Gasteiger partial charge in [0.1, 0.15) is 0 Å². The summed E-state index contributed by atoms with van der Waals surface area (Å²) < 4.78 is 0. The number of hydrogen-bond donors (Lipinski definition) is 0. The molecule has 2 aromatic heterocycles. The van der Waals surface area contributed by atoms with Gasteiger partial charge in [-0.2, -0.15) is 0 Å². The van der Waals surface area contributed by atoms with Crippen LogP contribution in [0.25, 0.3) is 18.2 Å². The van der Waals surface area contributed by atoms with E-state index in [1.165, 1.54) is 50.3 Å². The summed E-state index contributed by atoms with van der Waals surface area (Å²) in [5, 5.41) is 2.07. The first-order valence-corrected chi connectivity index (χ1v) is 13.6. The third kappa shape index (κ3) is 4.50. The molecule has 0 N–H and O–H groups in total. The Bertz CT molecular complexity index is 1530. The van der Waals surface area contributed by atoms with Crippen LogP contribution in [0.2, 0.25) is 0 Å². The van der Waals surface area contributed by atoms with E-state index in [0.717, 1.165) is 65.6 Å². The molecule has 1 unspecified atom stereocenters. The van der Waals surface area contributed by atoms with Gasteiger partial charge in [-0.15, -0.1) is 22.1 Å². The van der Waals surface area contributed by atoms with E-state index in [9.17, 15) is 0 Å². The van der Waals surface area contributed by atoms with Crippen LogP contribution in [0.3, 0.4) is 0 Å². The zero-order valence-electron chi connectivity index (χ0n) is 23.5. The summed E-state index contributed by atoms with van der Waals surface area (Å²) >= 11 is 0. The molecule has 8 bridgehead atoms. The molecule has 0 radical (unpaired) electrons. The van der Waals surface area contributed by atoms with Crippen molar-refractivity contribution in [2.45, 2.75) is 93.5 Å². The molecule has 0 amide bonds. The molecule has 0 saturated carbocycles. The fourth-order valence-electron chi connectivity index (χ4n) is 6.24. The molecule has 0 spiro atoms. The van der Waals surface area contributed by atoms with Gasteiger partial charge in [0.15, 0.2) is 0 Å². The molecule has 5 heterocycles. The van der Waals surface area contributed by atoms with Gasteiger partial charge in [0.2, 0.25) is 0 Å². The minimum Gasteiger partial charge on any atom is -0.657 e. The molecule has 194 valence electrons. The quantitative estimate of drug-likeness (QED) is 0.523. The summed E-state index contributed by atoms with van der Waals surface area (Å²) in [6, 6.07) is 0.143. The maximum absolute atomic E-state index is 5.25. The SMILES string of the molecule is CCC1=C(C)C2=NC1=Cc1[n-]c(c(CC)c1C)C=c1[n-]/c(c(CC)c1C)=C\C1=NC(C2)C(CC)=C1C.[Co+3]. The van der Waals surface area contributed by atoms with E-state index >= 15 is 0 Å². The Morgan fingerprint density at radius 2 is 1.49 bits per heavy atom. The van der Waals surface area contributed by atoms with E-state index in [-0.39, 0.29) is 22.8 Å². The molecule has 0 aromatic carbocycles. The Morgan fingerprint density at radius 3 is 2.14 bits per heavy atom. The summed E-state index contributed by atoms with van der Waals surface area (Å²) in [6.45, 7) is 17.8. The first-order chi connectivity index (χ1) is 17.3. The van der Waals surface area contributed by atoms with E-state index in [2.05, 4.69) is 73.6 Å². The van der Waals surface area contributed by atoms with E-state index in [0.29, 0.717) is 0 Å².